The summed E-state index contributed by atoms with van der Waals surface area (Å²) in [6.07, 6.45) is 0. The zero-order valence-corrected chi connectivity index (χ0v) is 7.00. The summed E-state index contributed by atoms with van der Waals surface area (Å²) in [4.78, 5) is 10.4. The van der Waals surface area contributed by atoms with Crippen LogP contribution in [0.2, 0.25) is 0 Å². The quantitative estimate of drug-likeness (QED) is 0.728. The molecule has 0 heterocycles. The fraction of sp³-hybridized carbons (Fsp3) is 0.125. The smallest absolute Gasteiger partial charge is 0.316 e. The molecule has 0 aliphatic carbocycles. The van der Waals surface area contributed by atoms with E-state index in [-0.39, 0.29) is 5.75 Å². The van der Waals surface area contributed by atoms with Crippen molar-refractivity contribution in [2.45, 2.75) is 0 Å². The number of hydrogen-bond donors (Lipinski definition) is 2. The van der Waals surface area contributed by atoms with Crippen molar-refractivity contribution in [1.82, 2.24) is 0 Å². The molecule has 0 unspecified atom stereocenters. The molecular weight excluding hydrogens is 175 g/mol. The lowest BCUT2D eigenvalue weighted by molar-refractivity contribution is 0.259. The van der Waals surface area contributed by atoms with E-state index in [0.29, 0.717) is 5.69 Å². The molecule has 1 aromatic carbocycles. The maximum atomic E-state index is 13.0. The number of hydrogen-bond acceptors (Lipinski definition) is 2. The summed E-state index contributed by atoms with van der Waals surface area (Å²) in [5, 5.41) is 2.24. The Morgan fingerprint density at radius 1 is 1.62 bits per heavy atom. The van der Waals surface area contributed by atoms with Crippen molar-refractivity contribution in [2.75, 3.05) is 12.4 Å². The molecule has 3 N–H and O–H groups in total. The molecule has 0 fully saturated rings. The van der Waals surface area contributed by atoms with Gasteiger partial charge in [-0.2, -0.15) is 0 Å². The predicted octanol–water partition coefficient (Wildman–Crippen LogP) is 1.32. The van der Waals surface area contributed by atoms with E-state index in [1.54, 1.807) is 0 Å². The molecule has 0 aliphatic rings. The molecule has 13 heavy (non-hydrogen) atoms. The van der Waals surface area contributed by atoms with Gasteiger partial charge in [0.2, 0.25) is 0 Å². The molecule has 0 atom stereocenters. The third-order valence-electron chi connectivity index (χ3n) is 1.42. The zero-order chi connectivity index (χ0) is 9.84. The van der Waals surface area contributed by atoms with E-state index in [1.165, 1.54) is 19.2 Å². The number of methoxy groups -OCH3 is 1. The predicted molar refractivity (Wildman–Crippen MR) is 46.2 cm³/mol. The van der Waals surface area contributed by atoms with Crippen LogP contribution in [0.5, 0.6) is 5.75 Å². The normalized spacial score (nSPS) is 9.38. The van der Waals surface area contributed by atoms with Gasteiger partial charge >= 0.3 is 6.03 Å². The van der Waals surface area contributed by atoms with Gasteiger partial charge < -0.3 is 15.8 Å². The largest absolute Gasteiger partial charge is 0.494 e. The standard InChI is InChI=1S/C8H9FN2O2/c1-13-7-3-2-5(4-6(7)9)11-8(10)12/h2-4H,1H3,(H3,10,11,12). The first kappa shape index (κ1) is 9.31. The number of urea groups is 1. The SMILES string of the molecule is COc1ccc(NC(N)=O)cc1F. The minimum Gasteiger partial charge on any atom is -0.494 e. The summed E-state index contributed by atoms with van der Waals surface area (Å²) in [5.74, 6) is -0.427. The Bertz CT molecular complexity index is 328. The second kappa shape index (κ2) is 3.75. The minimum absolute atomic E-state index is 0.120. The number of ether oxygens (including phenoxy) is 1. The van der Waals surface area contributed by atoms with E-state index >= 15 is 0 Å². The Hall–Kier alpha value is -1.78. The molecule has 0 aromatic heterocycles. The zero-order valence-electron chi connectivity index (χ0n) is 7.00. The first-order valence-electron chi connectivity index (χ1n) is 3.53. The summed E-state index contributed by atoms with van der Waals surface area (Å²) in [6, 6.07) is 3.29. The van der Waals surface area contributed by atoms with E-state index in [2.05, 4.69) is 10.1 Å². The van der Waals surface area contributed by atoms with Gasteiger partial charge in [0, 0.05) is 11.8 Å². The second-order valence-corrected chi connectivity index (χ2v) is 2.34. The number of nitrogens with two attached hydrogens (primary N) is 1. The first-order valence-corrected chi connectivity index (χ1v) is 3.53. The Morgan fingerprint density at radius 3 is 2.77 bits per heavy atom. The van der Waals surface area contributed by atoms with Crippen LogP contribution in [-0.2, 0) is 0 Å². The third kappa shape index (κ3) is 2.33. The minimum atomic E-state index is -0.732. The molecule has 0 radical (unpaired) electrons. The van der Waals surface area contributed by atoms with Crippen molar-refractivity contribution < 1.29 is 13.9 Å². The van der Waals surface area contributed by atoms with Crippen LogP contribution >= 0.6 is 0 Å². The van der Waals surface area contributed by atoms with Gasteiger partial charge in [0.05, 0.1) is 7.11 Å². The fourth-order valence-corrected chi connectivity index (χ4v) is 0.886. The molecule has 0 saturated heterocycles. The van der Waals surface area contributed by atoms with Gasteiger partial charge in [-0.05, 0) is 12.1 Å². The lowest BCUT2D eigenvalue weighted by Crippen LogP contribution is -2.19. The van der Waals surface area contributed by atoms with Crippen LogP contribution in [0.1, 0.15) is 0 Å². The number of benzene rings is 1. The van der Waals surface area contributed by atoms with Crippen molar-refractivity contribution >= 4 is 11.7 Å². The van der Waals surface area contributed by atoms with Gasteiger partial charge in [-0.25, -0.2) is 9.18 Å². The molecule has 0 spiro atoms. The maximum absolute atomic E-state index is 13.0. The highest BCUT2D eigenvalue weighted by molar-refractivity contribution is 5.87. The van der Waals surface area contributed by atoms with Crippen LogP contribution in [0.25, 0.3) is 0 Å². The number of primary amides is 1. The summed E-state index contributed by atoms with van der Waals surface area (Å²) in [5.41, 5.74) is 5.14. The van der Waals surface area contributed by atoms with Crippen LogP contribution in [0.15, 0.2) is 18.2 Å². The van der Waals surface area contributed by atoms with Crippen LogP contribution < -0.4 is 15.8 Å². The highest BCUT2D eigenvalue weighted by Crippen LogP contribution is 2.20. The van der Waals surface area contributed by atoms with Crippen LogP contribution in [0.4, 0.5) is 14.9 Å². The first-order chi connectivity index (χ1) is 6.13. The number of carbonyl (C=O) groups excluding carboxylic acids is 1. The van der Waals surface area contributed by atoms with Gasteiger partial charge in [-0.15, -0.1) is 0 Å². The highest BCUT2D eigenvalue weighted by atomic mass is 19.1. The highest BCUT2D eigenvalue weighted by Gasteiger charge is 2.03. The van der Waals surface area contributed by atoms with Crippen molar-refractivity contribution in [3.05, 3.63) is 24.0 Å². The van der Waals surface area contributed by atoms with Gasteiger partial charge in [0.25, 0.3) is 0 Å². The molecule has 0 aliphatic heterocycles. The molecule has 0 bridgehead atoms. The Labute approximate surface area is 74.5 Å². The monoisotopic (exact) mass is 184 g/mol. The van der Waals surface area contributed by atoms with E-state index in [1.807, 2.05) is 0 Å². The number of carbonyl (C=O) groups is 1. The average molecular weight is 184 g/mol. The molecular formula is C8H9FN2O2. The fourth-order valence-electron chi connectivity index (χ4n) is 0.886. The molecule has 70 valence electrons. The van der Waals surface area contributed by atoms with Gasteiger partial charge in [-0.3, -0.25) is 0 Å². The number of rotatable bonds is 2. The number of amides is 2. The molecule has 1 rings (SSSR count). The molecule has 4 nitrogen and oxygen atoms in total. The van der Waals surface area contributed by atoms with Crippen LogP contribution in [0.3, 0.4) is 0 Å². The van der Waals surface area contributed by atoms with E-state index in [0.717, 1.165) is 6.07 Å². The lowest BCUT2D eigenvalue weighted by Gasteiger charge is -2.04. The maximum Gasteiger partial charge on any atom is 0.316 e. The Balaban J connectivity index is 2.89. The summed E-state index contributed by atoms with van der Waals surface area (Å²) in [7, 11) is 1.36. The lowest BCUT2D eigenvalue weighted by atomic mass is 10.3. The molecule has 0 saturated carbocycles. The van der Waals surface area contributed by atoms with E-state index < -0.39 is 11.8 Å². The van der Waals surface area contributed by atoms with Gasteiger partial charge in [0.1, 0.15) is 0 Å². The molecule has 1 aromatic rings. The number of anilines is 1. The van der Waals surface area contributed by atoms with Crippen molar-refractivity contribution in [3.8, 4) is 5.75 Å². The van der Waals surface area contributed by atoms with Crippen LogP contribution in [-0.4, -0.2) is 13.1 Å². The number of halogens is 1. The average Bonchev–Trinajstić information content (AvgIpc) is 2.03. The Kier molecular flexibility index (Phi) is 2.69. The number of nitrogens with one attached hydrogen (secondary N) is 1. The summed E-state index contributed by atoms with van der Waals surface area (Å²) < 4.78 is 17.7. The Morgan fingerprint density at radius 2 is 2.31 bits per heavy atom. The third-order valence-corrected chi connectivity index (χ3v) is 1.42. The van der Waals surface area contributed by atoms with Crippen molar-refractivity contribution in [2.24, 2.45) is 5.73 Å². The van der Waals surface area contributed by atoms with Gasteiger partial charge in [0.15, 0.2) is 11.6 Å². The molecule has 2 amide bonds. The van der Waals surface area contributed by atoms with Crippen molar-refractivity contribution in [3.63, 3.8) is 0 Å². The van der Waals surface area contributed by atoms with E-state index in [4.69, 9.17) is 5.73 Å². The van der Waals surface area contributed by atoms with Gasteiger partial charge in [-0.1, -0.05) is 0 Å². The second-order valence-electron chi connectivity index (χ2n) is 2.34. The van der Waals surface area contributed by atoms with Crippen molar-refractivity contribution in [1.29, 1.82) is 0 Å². The molecule has 5 heteroatoms. The van der Waals surface area contributed by atoms with E-state index in [9.17, 15) is 9.18 Å². The summed E-state index contributed by atoms with van der Waals surface area (Å²) >= 11 is 0. The summed E-state index contributed by atoms with van der Waals surface area (Å²) in [6.45, 7) is 0. The van der Waals surface area contributed by atoms with Crippen LogP contribution in [0, 0.1) is 5.82 Å². The topological polar surface area (TPSA) is 64.3 Å².